The van der Waals surface area contributed by atoms with Gasteiger partial charge in [0.1, 0.15) is 23.2 Å². The lowest BCUT2D eigenvalue weighted by molar-refractivity contribution is -0.134. The Balaban J connectivity index is 0.000000960. The summed E-state index contributed by atoms with van der Waals surface area (Å²) in [4.78, 5) is 9.00. The minimum atomic E-state index is -0.833. The maximum Gasteiger partial charge on any atom is 0.300 e. The van der Waals surface area contributed by atoms with Gasteiger partial charge in [-0.2, -0.15) is 0 Å². The average molecular weight is 400 g/mol. The summed E-state index contributed by atoms with van der Waals surface area (Å²) in [6, 6.07) is 14.4. The van der Waals surface area contributed by atoms with Crippen LogP contribution in [0.25, 0.3) is 0 Å². The smallest absolute Gasteiger partial charge is 0.300 e. The van der Waals surface area contributed by atoms with Crippen molar-refractivity contribution in [2.24, 2.45) is 11.5 Å². The Bertz CT molecular complexity index is 724. The minimum absolute atomic E-state index is 0.0579. The molecule has 0 radical (unpaired) electrons. The zero-order valence-electron chi connectivity index (χ0n) is 16.5. The largest absolute Gasteiger partial charge is 0.494 e. The first-order chi connectivity index (χ1) is 13.8. The van der Waals surface area contributed by atoms with Gasteiger partial charge in [-0.15, -0.1) is 0 Å². The number of unbranched alkanes of at least 4 members (excludes halogenated alkanes) is 2. The molecule has 0 aliphatic heterocycles. The van der Waals surface area contributed by atoms with Crippen LogP contribution in [0.15, 0.2) is 48.5 Å². The van der Waals surface area contributed by atoms with Crippen molar-refractivity contribution in [2.75, 3.05) is 13.2 Å². The van der Waals surface area contributed by atoms with E-state index in [9.17, 15) is 0 Å². The van der Waals surface area contributed by atoms with Gasteiger partial charge in [0.2, 0.25) is 0 Å². The summed E-state index contributed by atoms with van der Waals surface area (Å²) in [7, 11) is 0. The van der Waals surface area contributed by atoms with Gasteiger partial charge < -0.3 is 26.0 Å². The number of aliphatic carboxylic acids is 1. The predicted octanol–water partition coefficient (Wildman–Crippen LogP) is 2.97. The second-order valence-electron chi connectivity index (χ2n) is 6.15. The molecule has 0 amide bonds. The Morgan fingerprint density at radius 2 is 1.10 bits per heavy atom. The lowest BCUT2D eigenvalue weighted by Gasteiger charge is -2.08. The van der Waals surface area contributed by atoms with Crippen molar-refractivity contribution in [1.82, 2.24) is 0 Å². The zero-order chi connectivity index (χ0) is 21.6. The molecule has 29 heavy (non-hydrogen) atoms. The standard InChI is InChI=1S/C19H24N4O2.C2H4O2/c20-18(21)14-4-8-16(9-5-14)24-12-2-1-3-13-25-17-10-6-15(7-11-17)19(22)23;1-2(3)4/h4-11H,1-3,12-13H2,(H3,20,21)(H3,22,23);1H3,(H,3,4). The van der Waals surface area contributed by atoms with Gasteiger partial charge in [0, 0.05) is 18.1 Å². The molecular formula is C21H28N4O4. The first-order valence-corrected chi connectivity index (χ1v) is 9.13. The Morgan fingerprint density at radius 3 is 1.38 bits per heavy atom. The van der Waals surface area contributed by atoms with Gasteiger partial charge in [-0.25, -0.2) is 0 Å². The van der Waals surface area contributed by atoms with Crippen LogP contribution in [-0.4, -0.2) is 36.0 Å². The molecule has 0 saturated heterocycles. The highest BCUT2D eigenvalue weighted by Gasteiger charge is 1.99. The number of ether oxygens (including phenoxy) is 2. The number of nitrogen functional groups attached to an aromatic ring is 2. The molecule has 8 nitrogen and oxygen atoms in total. The molecule has 8 heteroatoms. The second-order valence-corrected chi connectivity index (χ2v) is 6.15. The van der Waals surface area contributed by atoms with Gasteiger partial charge in [0.25, 0.3) is 5.97 Å². The van der Waals surface area contributed by atoms with Crippen LogP contribution in [0.2, 0.25) is 0 Å². The van der Waals surface area contributed by atoms with E-state index in [0.717, 1.165) is 37.7 Å². The summed E-state index contributed by atoms with van der Waals surface area (Å²) >= 11 is 0. The number of nitrogens with one attached hydrogen (secondary N) is 2. The normalized spacial score (nSPS) is 9.69. The molecule has 0 heterocycles. The maximum atomic E-state index is 9.00. The molecule has 7 N–H and O–H groups in total. The molecule has 0 unspecified atom stereocenters. The van der Waals surface area contributed by atoms with Crippen molar-refractivity contribution >= 4 is 17.6 Å². The molecule has 0 saturated carbocycles. The van der Waals surface area contributed by atoms with Crippen LogP contribution >= 0.6 is 0 Å². The van der Waals surface area contributed by atoms with Crippen LogP contribution in [0.3, 0.4) is 0 Å². The number of rotatable bonds is 10. The predicted molar refractivity (Wildman–Crippen MR) is 113 cm³/mol. The van der Waals surface area contributed by atoms with Crippen molar-refractivity contribution in [3.05, 3.63) is 59.7 Å². The summed E-state index contributed by atoms with van der Waals surface area (Å²) in [5, 5.41) is 22.1. The fraction of sp³-hybridized carbons (Fsp3) is 0.286. The van der Waals surface area contributed by atoms with Gasteiger partial charge >= 0.3 is 0 Å². The summed E-state index contributed by atoms with van der Waals surface area (Å²) < 4.78 is 11.3. The molecule has 0 aliphatic rings. The number of hydrogen-bond acceptors (Lipinski definition) is 5. The zero-order valence-corrected chi connectivity index (χ0v) is 16.5. The number of benzene rings is 2. The van der Waals surface area contributed by atoms with Crippen LogP contribution in [0, 0.1) is 10.8 Å². The van der Waals surface area contributed by atoms with Gasteiger partial charge in [0.15, 0.2) is 0 Å². The third-order valence-corrected chi connectivity index (χ3v) is 3.66. The second kappa shape index (κ2) is 12.8. The highest BCUT2D eigenvalue weighted by molar-refractivity contribution is 5.95. The topological polar surface area (TPSA) is 156 Å². The van der Waals surface area contributed by atoms with Crippen LogP contribution in [0.1, 0.15) is 37.3 Å². The Hall–Kier alpha value is -3.55. The van der Waals surface area contributed by atoms with Crippen molar-refractivity contribution in [1.29, 1.82) is 10.8 Å². The SMILES string of the molecule is CC(=O)O.N=C(N)c1ccc(OCCCCCOc2ccc(C(=N)N)cc2)cc1. The third-order valence-electron chi connectivity index (χ3n) is 3.66. The van der Waals surface area contributed by atoms with Gasteiger partial charge in [-0.05, 0) is 67.8 Å². The molecule has 0 spiro atoms. The van der Waals surface area contributed by atoms with Gasteiger partial charge in [-0.3, -0.25) is 15.6 Å². The Labute approximate surface area is 170 Å². The molecule has 0 bridgehead atoms. The van der Waals surface area contributed by atoms with E-state index in [4.69, 9.17) is 41.7 Å². The first-order valence-electron chi connectivity index (χ1n) is 9.13. The molecule has 2 rings (SSSR count). The van der Waals surface area contributed by atoms with Crippen LogP contribution < -0.4 is 20.9 Å². The molecular weight excluding hydrogens is 372 g/mol. The van der Waals surface area contributed by atoms with Gasteiger partial charge in [0.05, 0.1) is 13.2 Å². The van der Waals surface area contributed by atoms with E-state index in [1.807, 2.05) is 24.3 Å². The van der Waals surface area contributed by atoms with E-state index in [1.165, 1.54) is 0 Å². The van der Waals surface area contributed by atoms with E-state index in [1.54, 1.807) is 24.3 Å². The van der Waals surface area contributed by atoms with E-state index >= 15 is 0 Å². The van der Waals surface area contributed by atoms with E-state index in [0.29, 0.717) is 24.3 Å². The number of nitrogens with two attached hydrogens (primary N) is 2. The summed E-state index contributed by atoms with van der Waals surface area (Å²) in [5.74, 6) is 0.851. The molecule has 0 atom stereocenters. The molecule has 0 aromatic heterocycles. The molecule has 2 aromatic carbocycles. The number of hydrogen-bond donors (Lipinski definition) is 5. The molecule has 2 aromatic rings. The molecule has 0 aliphatic carbocycles. The van der Waals surface area contributed by atoms with Crippen LogP contribution in [-0.2, 0) is 4.79 Å². The molecule has 0 fully saturated rings. The van der Waals surface area contributed by atoms with E-state index < -0.39 is 5.97 Å². The number of carbonyl (C=O) groups is 1. The fourth-order valence-corrected chi connectivity index (χ4v) is 2.22. The molecule has 156 valence electrons. The summed E-state index contributed by atoms with van der Waals surface area (Å²) in [6.07, 6.45) is 2.90. The van der Waals surface area contributed by atoms with E-state index in [2.05, 4.69) is 0 Å². The summed E-state index contributed by atoms with van der Waals surface area (Å²) in [5.41, 5.74) is 12.2. The van der Waals surface area contributed by atoms with Crippen molar-refractivity contribution in [3.63, 3.8) is 0 Å². The van der Waals surface area contributed by atoms with Crippen LogP contribution in [0.5, 0.6) is 11.5 Å². The minimum Gasteiger partial charge on any atom is -0.494 e. The first kappa shape index (κ1) is 23.5. The lowest BCUT2D eigenvalue weighted by Crippen LogP contribution is -2.10. The highest BCUT2D eigenvalue weighted by atomic mass is 16.5. The Morgan fingerprint density at radius 1 is 0.793 bits per heavy atom. The third kappa shape index (κ3) is 10.4. The number of amidine groups is 2. The maximum absolute atomic E-state index is 9.00. The Kier molecular flexibility index (Phi) is 10.3. The lowest BCUT2D eigenvalue weighted by atomic mass is 10.2. The number of carboxylic acid groups (broad SMARTS) is 1. The van der Waals surface area contributed by atoms with Gasteiger partial charge in [-0.1, -0.05) is 0 Å². The van der Waals surface area contributed by atoms with E-state index in [-0.39, 0.29) is 11.7 Å². The van der Waals surface area contributed by atoms with Crippen molar-refractivity contribution < 1.29 is 19.4 Å². The quantitative estimate of drug-likeness (QED) is 0.234. The summed E-state index contributed by atoms with van der Waals surface area (Å²) in [6.45, 7) is 2.37. The fourth-order valence-electron chi connectivity index (χ4n) is 2.22. The van der Waals surface area contributed by atoms with Crippen molar-refractivity contribution in [3.8, 4) is 11.5 Å². The monoisotopic (exact) mass is 400 g/mol. The highest BCUT2D eigenvalue weighted by Crippen LogP contribution is 2.14. The average Bonchev–Trinajstić information content (AvgIpc) is 2.67. The number of carboxylic acids is 1. The van der Waals surface area contributed by atoms with Crippen molar-refractivity contribution in [2.45, 2.75) is 26.2 Å². The van der Waals surface area contributed by atoms with Crippen LogP contribution in [0.4, 0.5) is 0 Å².